The Labute approximate surface area is 184 Å². The molecular weight excluding hydrogens is 410 g/mol. The first-order chi connectivity index (χ1) is 15.0. The summed E-state index contributed by atoms with van der Waals surface area (Å²) >= 11 is 1.47. The molecule has 4 aromatic rings. The highest BCUT2D eigenvalue weighted by molar-refractivity contribution is 7.99. The predicted octanol–water partition coefficient (Wildman–Crippen LogP) is 4.00. The molecule has 8 heteroatoms. The molecule has 158 valence electrons. The van der Waals surface area contributed by atoms with Crippen LogP contribution in [-0.4, -0.2) is 31.0 Å². The molecule has 2 heterocycles. The third-order valence-electron chi connectivity index (χ3n) is 5.02. The molecule has 0 saturated carbocycles. The van der Waals surface area contributed by atoms with E-state index in [0.717, 1.165) is 22.1 Å². The van der Waals surface area contributed by atoms with Gasteiger partial charge in [-0.1, -0.05) is 60.3 Å². The van der Waals surface area contributed by atoms with Gasteiger partial charge in [0.2, 0.25) is 5.91 Å². The van der Waals surface area contributed by atoms with E-state index in [1.165, 1.54) is 11.8 Å². The number of hydrogen-bond donors (Lipinski definition) is 2. The number of anilines is 1. The van der Waals surface area contributed by atoms with E-state index in [-0.39, 0.29) is 17.9 Å². The van der Waals surface area contributed by atoms with Gasteiger partial charge in [0.1, 0.15) is 5.69 Å². The summed E-state index contributed by atoms with van der Waals surface area (Å²) in [6.07, 6.45) is 2.06. The molecule has 0 aliphatic rings. The number of benzene rings is 2. The number of imidazole rings is 1. The number of aromatic amines is 1. The summed E-state index contributed by atoms with van der Waals surface area (Å²) in [5, 5.41) is 3.55. The van der Waals surface area contributed by atoms with E-state index in [1.807, 2.05) is 67.6 Å². The minimum Gasteiger partial charge on any atom is -0.333 e. The van der Waals surface area contributed by atoms with Gasteiger partial charge >= 0.3 is 0 Å². The molecule has 2 aromatic heterocycles. The molecular formula is C23H23N5O2S. The first-order valence-electron chi connectivity index (χ1n) is 9.91. The Morgan fingerprint density at radius 3 is 2.48 bits per heavy atom. The molecule has 0 aliphatic heterocycles. The van der Waals surface area contributed by atoms with Crippen LogP contribution in [0.15, 0.2) is 76.8 Å². The van der Waals surface area contributed by atoms with Crippen molar-refractivity contribution in [3.8, 4) is 16.9 Å². The molecule has 0 aliphatic carbocycles. The Bertz CT molecular complexity index is 1240. The van der Waals surface area contributed by atoms with E-state index in [0.29, 0.717) is 17.1 Å². The highest BCUT2D eigenvalue weighted by atomic mass is 32.2. The van der Waals surface area contributed by atoms with E-state index < -0.39 is 0 Å². The summed E-state index contributed by atoms with van der Waals surface area (Å²) in [4.78, 5) is 33.0. The maximum Gasteiger partial charge on any atom is 0.295 e. The van der Waals surface area contributed by atoms with Gasteiger partial charge in [0.25, 0.3) is 5.56 Å². The van der Waals surface area contributed by atoms with Crippen molar-refractivity contribution in [1.29, 1.82) is 0 Å². The normalized spacial score (nSPS) is 10.9. The Hall–Kier alpha value is -3.52. The summed E-state index contributed by atoms with van der Waals surface area (Å²) in [5.41, 5.74) is 3.52. The van der Waals surface area contributed by atoms with Gasteiger partial charge < -0.3 is 10.3 Å². The number of nitrogens with zero attached hydrogens (tertiary/aromatic N) is 3. The number of aromatic nitrogens is 4. The highest BCUT2D eigenvalue weighted by Gasteiger charge is 2.18. The number of thioether (sulfide) groups is 1. The van der Waals surface area contributed by atoms with Gasteiger partial charge in [0, 0.05) is 19.2 Å². The van der Waals surface area contributed by atoms with Crippen molar-refractivity contribution < 1.29 is 4.79 Å². The van der Waals surface area contributed by atoms with Crippen molar-refractivity contribution in [2.75, 3.05) is 11.1 Å². The average molecular weight is 434 g/mol. The van der Waals surface area contributed by atoms with Crippen LogP contribution in [0.25, 0.3) is 16.9 Å². The van der Waals surface area contributed by atoms with Crippen LogP contribution in [-0.2, 0) is 11.8 Å². The van der Waals surface area contributed by atoms with Gasteiger partial charge in [0.15, 0.2) is 5.16 Å². The van der Waals surface area contributed by atoms with Gasteiger partial charge in [-0.2, -0.15) is 0 Å². The Morgan fingerprint density at radius 1 is 1.10 bits per heavy atom. The minimum absolute atomic E-state index is 0.201. The zero-order chi connectivity index (χ0) is 21.8. The smallest absolute Gasteiger partial charge is 0.295 e. The second-order valence-electron chi connectivity index (χ2n) is 7.05. The van der Waals surface area contributed by atoms with Gasteiger partial charge in [-0.3, -0.25) is 14.3 Å². The molecule has 0 bridgehead atoms. The first kappa shape index (κ1) is 20.7. The molecule has 0 atom stereocenters. The largest absolute Gasteiger partial charge is 0.333 e. The Morgan fingerprint density at radius 2 is 1.77 bits per heavy atom. The van der Waals surface area contributed by atoms with Crippen LogP contribution >= 0.6 is 11.8 Å². The minimum atomic E-state index is -0.245. The molecule has 0 saturated heterocycles. The Balaban J connectivity index is 1.38. The van der Waals surface area contributed by atoms with Crippen molar-refractivity contribution in [1.82, 2.24) is 19.3 Å². The van der Waals surface area contributed by atoms with Crippen LogP contribution in [0.1, 0.15) is 12.1 Å². The second-order valence-corrected chi connectivity index (χ2v) is 8.13. The lowest BCUT2D eigenvalue weighted by atomic mass is 10.2. The van der Waals surface area contributed by atoms with E-state index in [1.54, 1.807) is 22.6 Å². The lowest BCUT2D eigenvalue weighted by Gasteiger charge is -2.07. The highest BCUT2D eigenvalue weighted by Crippen LogP contribution is 2.22. The summed E-state index contributed by atoms with van der Waals surface area (Å²) < 4.78 is 3.30. The average Bonchev–Trinajstić information content (AvgIpc) is 3.34. The third kappa shape index (κ3) is 4.49. The molecule has 31 heavy (non-hydrogen) atoms. The Kier molecular flexibility index (Phi) is 6.08. The second kappa shape index (κ2) is 9.09. The summed E-state index contributed by atoms with van der Waals surface area (Å²) in [6, 6.07) is 19.3. The van der Waals surface area contributed by atoms with Crippen molar-refractivity contribution in [2.24, 2.45) is 7.05 Å². The monoisotopic (exact) mass is 433 g/mol. The number of carbonyl (C=O) groups is 1. The van der Waals surface area contributed by atoms with Gasteiger partial charge in [-0.25, -0.2) is 9.67 Å². The summed E-state index contributed by atoms with van der Waals surface area (Å²) in [6.45, 7) is 1.82. The molecule has 0 fully saturated rings. The zero-order valence-electron chi connectivity index (χ0n) is 17.3. The lowest BCUT2D eigenvalue weighted by molar-refractivity contribution is -0.115. The van der Waals surface area contributed by atoms with Crippen molar-refractivity contribution in [3.63, 3.8) is 0 Å². The molecule has 0 spiro atoms. The molecule has 0 unspecified atom stereocenters. The van der Waals surface area contributed by atoms with Crippen LogP contribution in [0.3, 0.4) is 0 Å². The number of amides is 1. The number of para-hydroxylation sites is 1. The zero-order valence-corrected chi connectivity index (χ0v) is 18.1. The van der Waals surface area contributed by atoms with Crippen LogP contribution < -0.4 is 10.9 Å². The SMILES string of the molecule is Cc1c(NC(=O)CCSc2ncc(-c3ccccc3)[nH]2)c(=O)n(-c2ccccc2)n1C. The van der Waals surface area contributed by atoms with Gasteiger partial charge in [-0.05, 0) is 24.6 Å². The van der Waals surface area contributed by atoms with E-state index in [2.05, 4.69) is 15.3 Å². The quantitative estimate of drug-likeness (QED) is 0.432. The number of H-pyrrole nitrogens is 1. The maximum absolute atomic E-state index is 12.9. The third-order valence-corrected chi connectivity index (χ3v) is 5.91. The fourth-order valence-electron chi connectivity index (χ4n) is 3.30. The van der Waals surface area contributed by atoms with E-state index in [4.69, 9.17) is 0 Å². The maximum atomic E-state index is 12.9. The molecule has 2 aromatic carbocycles. The van der Waals surface area contributed by atoms with Crippen LogP contribution in [0, 0.1) is 6.92 Å². The van der Waals surface area contributed by atoms with Crippen LogP contribution in [0.2, 0.25) is 0 Å². The molecule has 1 amide bonds. The topological polar surface area (TPSA) is 84.7 Å². The first-order valence-corrected chi connectivity index (χ1v) is 10.9. The van der Waals surface area contributed by atoms with Gasteiger partial charge in [0.05, 0.1) is 23.3 Å². The number of nitrogens with one attached hydrogen (secondary N) is 2. The molecule has 0 radical (unpaired) electrons. The van der Waals surface area contributed by atoms with Crippen LogP contribution in [0.4, 0.5) is 5.69 Å². The van der Waals surface area contributed by atoms with Crippen molar-refractivity contribution >= 4 is 23.4 Å². The van der Waals surface area contributed by atoms with Crippen LogP contribution in [0.5, 0.6) is 0 Å². The lowest BCUT2D eigenvalue weighted by Crippen LogP contribution is -2.23. The molecule has 4 rings (SSSR count). The number of rotatable bonds is 7. The molecule has 2 N–H and O–H groups in total. The standard InChI is InChI=1S/C23H23N5O2S/c1-16-21(22(30)28(27(16)2)18-11-7-4-8-12-18)26-20(29)13-14-31-23-24-15-19(25-23)17-9-5-3-6-10-17/h3-12,15H,13-14H2,1-2H3,(H,24,25)(H,26,29). The summed E-state index contributed by atoms with van der Waals surface area (Å²) in [5.74, 6) is 0.347. The summed E-state index contributed by atoms with van der Waals surface area (Å²) in [7, 11) is 1.80. The van der Waals surface area contributed by atoms with E-state index in [9.17, 15) is 9.59 Å². The predicted molar refractivity (Wildman–Crippen MR) is 124 cm³/mol. The van der Waals surface area contributed by atoms with Gasteiger partial charge in [-0.15, -0.1) is 0 Å². The fourth-order valence-corrected chi connectivity index (χ4v) is 4.09. The van der Waals surface area contributed by atoms with E-state index >= 15 is 0 Å². The van der Waals surface area contributed by atoms with Crippen molar-refractivity contribution in [3.05, 3.63) is 82.9 Å². The molecule has 7 nitrogen and oxygen atoms in total. The fraction of sp³-hybridized carbons (Fsp3) is 0.174. The van der Waals surface area contributed by atoms with Crippen molar-refractivity contribution in [2.45, 2.75) is 18.5 Å². The number of hydrogen-bond acceptors (Lipinski definition) is 4. The number of carbonyl (C=O) groups excluding carboxylic acids is 1.